The molecular formula is C14H24N2O6. The third-order valence-corrected chi connectivity index (χ3v) is 2.18. The Balaban J connectivity index is 0. The van der Waals surface area contributed by atoms with E-state index in [1.165, 1.54) is 28.1 Å². The van der Waals surface area contributed by atoms with Crippen molar-refractivity contribution in [3.8, 4) is 0 Å². The number of allylic oxidation sites excluding steroid dienone is 1. The van der Waals surface area contributed by atoms with Crippen molar-refractivity contribution in [1.29, 1.82) is 0 Å². The van der Waals surface area contributed by atoms with Crippen molar-refractivity contribution in [1.82, 2.24) is 10.6 Å². The van der Waals surface area contributed by atoms with Crippen LogP contribution in [0, 0.1) is 0 Å². The van der Waals surface area contributed by atoms with Gasteiger partial charge in [-0.3, -0.25) is 14.4 Å². The average Bonchev–Trinajstić information content (AvgIpc) is 2.48. The molecule has 22 heavy (non-hydrogen) atoms. The van der Waals surface area contributed by atoms with Crippen LogP contribution < -0.4 is 10.6 Å². The van der Waals surface area contributed by atoms with Crippen molar-refractivity contribution >= 4 is 23.8 Å². The molecule has 8 nitrogen and oxygen atoms in total. The Kier molecular flexibility index (Phi) is 13.5. The molecule has 126 valence electrons. The molecule has 0 bridgehead atoms. The van der Waals surface area contributed by atoms with Gasteiger partial charge in [0, 0.05) is 13.8 Å². The van der Waals surface area contributed by atoms with Gasteiger partial charge in [-0.25, -0.2) is 4.79 Å². The number of ether oxygens (including phenoxy) is 2. The van der Waals surface area contributed by atoms with Crippen molar-refractivity contribution in [2.45, 2.75) is 33.2 Å². The molecule has 0 aromatic carbocycles. The van der Waals surface area contributed by atoms with E-state index in [0.29, 0.717) is 6.42 Å². The van der Waals surface area contributed by atoms with Crippen LogP contribution in [0.3, 0.4) is 0 Å². The molecule has 0 aromatic rings. The largest absolute Gasteiger partial charge is 0.468 e. The van der Waals surface area contributed by atoms with E-state index >= 15 is 0 Å². The highest BCUT2D eigenvalue weighted by atomic mass is 16.5. The first-order valence-corrected chi connectivity index (χ1v) is 6.55. The zero-order valence-electron chi connectivity index (χ0n) is 13.6. The third kappa shape index (κ3) is 14.0. The van der Waals surface area contributed by atoms with E-state index in [2.05, 4.69) is 20.1 Å². The Morgan fingerprint density at radius 3 is 2.00 bits per heavy atom. The first-order chi connectivity index (χ1) is 10.3. The summed E-state index contributed by atoms with van der Waals surface area (Å²) in [6, 6.07) is -0.571. The van der Waals surface area contributed by atoms with Gasteiger partial charge in [0.1, 0.15) is 12.6 Å². The predicted octanol–water partition coefficient (Wildman–Crippen LogP) is -0.0742. The quantitative estimate of drug-likeness (QED) is 0.524. The van der Waals surface area contributed by atoms with E-state index in [1.54, 1.807) is 6.08 Å². The van der Waals surface area contributed by atoms with Gasteiger partial charge in [0.25, 0.3) is 0 Å². The van der Waals surface area contributed by atoms with Gasteiger partial charge in [-0.15, -0.1) is 0 Å². The minimum absolute atomic E-state index is 0.0498. The number of amides is 2. The summed E-state index contributed by atoms with van der Waals surface area (Å²) in [7, 11) is 2.57. The molecule has 1 unspecified atom stereocenters. The van der Waals surface area contributed by atoms with Gasteiger partial charge in [-0.1, -0.05) is 12.2 Å². The topological polar surface area (TPSA) is 111 Å². The highest BCUT2D eigenvalue weighted by molar-refractivity contribution is 5.83. The molecule has 0 rings (SSSR count). The Morgan fingerprint density at radius 1 is 1.05 bits per heavy atom. The minimum Gasteiger partial charge on any atom is -0.468 e. The summed E-state index contributed by atoms with van der Waals surface area (Å²) in [5.74, 6) is -1.33. The predicted molar refractivity (Wildman–Crippen MR) is 79.8 cm³/mol. The van der Waals surface area contributed by atoms with Crippen LogP contribution in [-0.2, 0) is 28.7 Å². The first-order valence-electron chi connectivity index (χ1n) is 6.55. The highest BCUT2D eigenvalue weighted by Crippen LogP contribution is 1.96. The summed E-state index contributed by atoms with van der Waals surface area (Å²) in [6.07, 6.45) is 4.08. The molecule has 0 radical (unpaired) electrons. The molecular weight excluding hydrogens is 292 g/mol. The maximum absolute atomic E-state index is 11.1. The van der Waals surface area contributed by atoms with Gasteiger partial charge in [-0.2, -0.15) is 0 Å². The SMILES string of the molecule is C/C=C/CC(NC(C)=O)C(=O)OC.COC(=O)CNC(C)=O. The normalized spacial score (nSPS) is 10.8. The second-order valence-electron chi connectivity index (χ2n) is 4.07. The second kappa shape index (κ2) is 13.6. The van der Waals surface area contributed by atoms with Gasteiger partial charge in [0.05, 0.1) is 14.2 Å². The average molecular weight is 316 g/mol. The molecule has 0 saturated carbocycles. The van der Waals surface area contributed by atoms with Crippen LogP contribution in [0.4, 0.5) is 0 Å². The van der Waals surface area contributed by atoms with Crippen LogP contribution in [0.5, 0.6) is 0 Å². The van der Waals surface area contributed by atoms with Crippen molar-refractivity contribution in [2.24, 2.45) is 0 Å². The van der Waals surface area contributed by atoms with E-state index in [0.717, 1.165) is 0 Å². The van der Waals surface area contributed by atoms with Crippen LogP contribution in [0.25, 0.3) is 0 Å². The number of hydrogen-bond donors (Lipinski definition) is 2. The number of nitrogens with one attached hydrogen (secondary N) is 2. The zero-order chi connectivity index (χ0) is 17.5. The molecule has 8 heteroatoms. The van der Waals surface area contributed by atoms with Crippen molar-refractivity contribution in [3.05, 3.63) is 12.2 Å². The summed E-state index contributed by atoms with van der Waals surface area (Å²) < 4.78 is 8.77. The lowest BCUT2D eigenvalue weighted by atomic mass is 10.2. The zero-order valence-corrected chi connectivity index (χ0v) is 13.6. The monoisotopic (exact) mass is 316 g/mol. The fourth-order valence-corrected chi connectivity index (χ4v) is 1.14. The lowest BCUT2D eigenvalue weighted by Crippen LogP contribution is -2.39. The molecule has 2 N–H and O–H groups in total. The summed E-state index contributed by atoms with van der Waals surface area (Å²) in [5, 5.41) is 4.78. The number of hydrogen-bond acceptors (Lipinski definition) is 6. The molecule has 0 saturated heterocycles. The van der Waals surface area contributed by atoms with Gasteiger partial charge >= 0.3 is 11.9 Å². The summed E-state index contributed by atoms with van der Waals surface area (Å²) >= 11 is 0. The highest BCUT2D eigenvalue weighted by Gasteiger charge is 2.17. The fraction of sp³-hybridized carbons (Fsp3) is 0.571. The summed E-state index contributed by atoms with van der Waals surface area (Å²) in [5.41, 5.74) is 0. The molecule has 0 aliphatic rings. The second-order valence-corrected chi connectivity index (χ2v) is 4.07. The van der Waals surface area contributed by atoms with Crippen molar-refractivity contribution in [3.63, 3.8) is 0 Å². The van der Waals surface area contributed by atoms with Gasteiger partial charge in [0.2, 0.25) is 11.8 Å². The lowest BCUT2D eigenvalue weighted by molar-refractivity contribution is -0.144. The molecule has 0 fully saturated rings. The number of methoxy groups -OCH3 is 2. The Morgan fingerprint density at radius 2 is 1.64 bits per heavy atom. The molecule has 2 amide bonds. The van der Waals surface area contributed by atoms with Gasteiger partial charge < -0.3 is 20.1 Å². The van der Waals surface area contributed by atoms with Gasteiger partial charge in [-0.05, 0) is 13.3 Å². The minimum atomic E-state index is -0.571. The Labute approximate surface area is 130 Å². The molecule has 1 atom stereocenters. The molecule has 0 heterocycles. The van der Waals surface area contributed by atoms with E-state index in [1.807, 2.05) is 13.0 Å². The number of rotatable bonds is 6. The first kappa shape index (κ1) is 21.9. The smallest absolute Gasteiger partial charge is 0.328 e. The van der Waals surface area contributed by atoms with Crippen molar-refractivity contribution in [2.75, 3.05) is 20.8 Å². The lowest BCUT2D eigenvalue weighted by Gasteiger charge is -2.12. The number of carbonyl (C=O) groups is 4. The van der Waals surface area contributed by atoms with Crippen LogP contribution in [0.1, 0.15) is 27.2 Å². The molecule has 0 spiro atoms. The summed E-state index contributed by atoms with van der Waals surface area (Å²) in [4.78, 5) is 42.2. The fourth-order valence-electron chi connectivity index (χ4n) is 1.14. The number of carbonyl (C=O) groups excluding carboxylic acids is 4. The maximum Gasteiger partial charge on any atom is 0.328 e. The van der Waals surface area contributed by atoms with E-state index in [4.69, 9.17) is 0 Å². The molecule has 0 aromatic heterocycles. The maximum atomic E-state index is 11.1. The standard InChI is InChI=1S/C9H15NO3.C5H9NO3/c1-4-5-6-8(9(12)13-3)10-7(2)11;1-4(7)6-3-5(8)9-2/h4-5,8H,6H2,1-3H3,(H,10,11);3H2,1-2H3,(H,6,7)/b5-4+;. The Hall–Kier alpha value is -2.38. The molecule has 0 aliphatic heterocycles. The van der Waals surface area contributed by atoms with E-state index in [9.17, 15) is 19.2 Å². The molecule has 0 aliphatic carbocycles. The van der Waals surface area contributed by atoms with Gasteiger partial charge in [0.15, 0.2) is 0 Å². The summed E-state index contributed by atoms with van der Waals surface area (Å²) in [6.45, 7) is 4.50. The van der Waals surface area contributed by atoms with Crippen LogP contribution >= 0.6 is 0 Å². The van der Waals surface area contributed by atoms with Crippen LogP contribution in [-0.4, -0.2) is 50.6 Å². The van der Waals surface area contributed by atoms with Crippen LogP contribution in [0.15, 0.2) is 12.2 Å². The number of esters is 2. The Bertz CT molecular complexity index is 406. The van der Waals surface area contributed by atoms with Crippen molar-refractivity contribution < 1.29 is 28.7 Å². The van der Waals surface area contributed by atoms with Crippen LogP contribution in [0.2, 0.25) is 0 Å². The van der Waals surface area contributed by atoms with E-state index in [-0.39, 0.29) is 18.4 Å². The third-order valence-electron chi connectivity index (χ3n) is 2.18. The van der Waals surface area contributed by atoms with E-state index < -0.39 is 18.0 Å².